The van der Waals surface area contributed by atoms with Gasteiger partial charge in [-0.15, -0.1) is 0 Å². The Bertz CT molecular complexity index is 196. The Hall–Kier alpha value is -0.640. The third kappa shape index (κ3) is 9.40. The molecule has 1 N–H and O–H groups in total. The lowest BCUT2D eigenvalue weighted by Gasteiger charge is -2.20. The Morgan fingerprint density at radius 3 is 1.50 bits per heavy atom. The van der Waals surface area contributed by atoms with Crippen molar-refractivity contribution in [3.05, 3.63) is 0 Å². The van der Waals surface area contributed by atoms with Crippen LogP contribution in [-0.4, -0.2) is 42.7 Å². The highest BCUT2D eigenvalue weighted by atomic mass is 19.3. The lowest BCUT2D eigenvalue weighted by Crippen LogP contribution is -2.39. The molecule has 0 aliphatic heterocycles. The van der Waals surface area contributed by atoms with E-state index < -0.39 is 31.5 Å². The summed E-state index contributed by atoms with van der Waals surface area (Å²) in [7, 11) is 0. The smallest absolute Gasteiger partial charge is 0.394 e. The fourth-order valence-electron chi connectivity index (χ4n) is 0.318. The van der Waals surface area contributed by atoms with E-state index in [1.807, 2.05) is 0 Å². The molecule has 0 aliphatic carbocycles. The average Bonchev–Trinajstić information content (AvgIpc) is 2.13. The zero-order valence-corrected chi connectivity index (χ0v) is 9.32. The Balaban J connectivity index is 0. The summed E-state index contributed by atoms with van der Waals surface area (Å²) in [6.45, 7) is 0.974. The zero-order valence-electron chi connectivity index (χ0n) is 9.32. The average molecular weight is 292 g/mol. The van der Waals surface area contributed by atoms with E-state index in [1.54, 1.807) is 13.8 Å². The first-order valence-electron chi connectivity index (χ1n) is 4.47. The predicted molar refractivity (Wildman–Crippen MR) is 45.2 cm³/mol. The van der Waals surface area contributed by atoms with E-state index in [0.717, 1.165) is 0 Å². The van der Waals surface area contributed by atoms with Gasteiger partial charge in [0, 0.05) is 6.10 Å². The monoisotopic (exact) mass is 292 g/mol. The maximum atomic E-state index is 11.9. The molecule has 10 heteroatoms. The number of rotatable bonds is 5. The van der Waals surface area contributed by atoms with Crippen molar-refractivity contribution in [1.29, 1.82) is 0 Å². The quantitative estimate of drug-likeness (QED) is 0.789. The Morgan fingerprint density at radius 1 is 0.944 bits per heavy atom. The normalized spacial score (nSPS) is 13.0. The molecule has 0 aromatic heterocycles. The number of halogens is 8. The molecule has 0 radical (unpaired) electrons. The first-order valence-corrected chi connectivity index (χ1v) is 4.47. The van der Waals surface area contributed by atoms with Gasteiger partial charge in [0.05, 0.1) is 0 Å². The number of aliphatic hydroxyl groups excluding tert-OH is 1. The molecule has 0 aliphatic rings. The minimum absolute atomic E-state index is 0.167. The van der Waals surface area contributed by atoms with Crippen LogP contribution in [0.4, 0.5) is 35.1 Å². The highest BCUT2D eigenvalue weighted by molar-refractivity contribution is 4.69. The molecule has 0 bridgehead atoms. The van der Waals surface area contributed by atoms with Crippen LogP contribution in [0.15, 0.2) is 0 Å². The highest BCUT2D eigenvalue weighted by Gasteiger charge is 2.48. The van der Waals surface area contributed by atoms with Crippen LogP contribution < -0.4 is 0 Å². The molecule has 0 saturated heterocycles. The van der Waals surface area contributed by atoms with E-state index in [9.17, 15) is 35.1 Å². The van der Waals surface area contributed by atoms with Gasteiger partial charge in [0.1, 0.15) is 6.61 Å². The van der Waals surface area contributed by atoms with Crippen LogP contribution >= 0.6 is 0 Å². The molecule has 0 aromatic rings. The third-order valence-electron chi connectivity index (χ3n) is 1.03. The number of hydrogen-bond acceptors (Lipinski definition) is 2. The molecular formula is C8H12F8O2. The Morgan fingerprint density at radius 2 is 1.28 bits per heavy atom. The minimum atomic E-state index is -5.15. The molecule has 18 heavy (non-hydrogen) atoms. The minimum Gasteiger partial charge on any atom is -0.394 e. The maximum Gasteiger partial charge on any atom is 0.416 e. The predicted octanol–water partition coefficient (Wildman–Crippen LogP) is 3.15. The lowest BCUT2D eigenvalue weighted by atomic mass is 10.4. The zero-order chi connectivity index (χ0) is 15.1. The first-order chi connectivity index (χ1) is 7.83. The second-order valence-corrected chi connectivity index (χ2v) is 3.31. The number of alkyl halides is 8. The van der Waals surface area contributed by atoms with Crippen LogP contribution in [0.5, 0.6) is 0 Å². The summed E-state index contributed by atoms with van der Waals surface area (Å²) in [5, 5.41) is 8.06. The van der Waals surface area contributed by atoms with E-state index in [0.29, 0.717) is 0 Å². The van der Waals surface area contributed by atoms with Gasteiger partial charge in [-0.3, -0.25) is 0 Å². The van der Waals surface area contributed by atoms with Crippen LogP contribution in [0.2, 0.25) is 0 Å². The summed E-state index contributed by atoms with van der Waals surface area (Å²) in [6.07, 6.45) is -13.9. The van der Waals surface area contributed by atoms with E-state index in [2.05, 4.69) is 4.74 Å². The Kier molecular flexibility index (Phi) is 8.45. The van der Waals surface area contributed by atoms with Crippen molar-refractivity contribution in [3.63, 3.8) is 0 Å². The van der Waals surface area contributed by atoms with Crippen molar-refractivity contribution >= 4 is 0 Å². The summed E-state index contributed by atoms with van der Waals surface area (Å²) in [4.78, 5) is 0. The van der Waals surface area contributed by atoms with Crippen LogP contribution in [0.1, 0.15) is 13.8 Å². The van der Waals surface area contributed by atoms with Crippen molar-refractivity contribution in [2.45, 2.75) is 44.8 Å². The Labute approximate surface area is 97.5 Å². The summed E-state index contributed by atoms with van der Waals surface area (Å²) in [6, 6.07) is 0. The number of aliphatic hydroxyl groups is 1. The largest absolute Gasteiger partial charge is 0.416 e. The summed E-state index contributed by atoms with van der Waals surface area (Å²) < 4.78 is 95.3. The fraction of sp³-hybridized carbons (Fsp3) is 1.00. The van der Waals surface area contributed by atoms with Crippen molar-refractivity contribution in [1.82, 2.24) is 0 Å². The van der Waals surface area contributed by atoms with Gasteiger partial charge in [0.25, 0.3) is 0 Å². The van der Waals surface area contributed by atoms with Crippen LogP contribution in [0.25, 0.3) is 0 Å². The maximum absolute atomic E-state index is 11.9. The molecule has 0 rings (SSSR count). The molecule has 2 nitrogen and oxygen atoms in total. The van der Waals surface area contributed by atoms with Gasteiger partial charge in [0.2, 0.25) is 0 Å². The number of ether oxygens (including phenoxy) is 1. The number of hydrogen-bond donors (Lipinski definition) is 1. The SMILES string of the molecule is CC(C)O.FC(F)C(F)(F)COC(F)(F)C(F)F. The molecule has 112 valence electrons. The molecule has 0 atom stereocenters. The van der Waals surface area contributed by atoms with E-state index >= 15 is 0 Å². The fourth-order valence-corrected chi connectivity index (χ4v) is 0.318. The van der Waals surface area contributed by atoms with E-state index in [1.165, 1.54) is 0 Å². The van der Waals surface area contributed by atoms with Crippen LogP contribution in [0, 0.1) is 0 Å². The van der Waals surface area contributed by atoms with E-state index in [4.69, 9.17) is 5.11 Å². The van der Waals surface area contributed by atoms with Crippen LogP contribution in [-0.2, 0) is 4.74 Å². The van der Waals surface area contributed by atoms with Gasteiger partial charge in [-0.1, -0.05) is 0 Å². The third-order valence-corrected chi connectivity index (χ3v) is 1.03. The standard InChI is InChI=1S/C5H4F8O.C3H8O/c6-2(7)4(10,11)1-14-5(12,13)3(8)9;1-3(2)4/h2-3H,1H2;3-4H,1-2H3. The topological polar surface area (TPSA) is 29.5 Å². The van der Waals surface area contributed by atoms with Crippen LogP contribution in [0.3, 0.4) is 0 Å². The molecule has 0 heterocycles. The molecule has 0 aromatic carbocycles. The second kappa shape index (κ2) is 7.72. The summed E-state index contributed by atoms with van der Waals surface area (Å²) >= 11 is 0. The molecular weight excluding hydrogens is 280 g/mol. The second-order valence-electron chi connectivity index (χ2n) is 3.31. The molecule has 0 spiro atoms. The van der Waals surface area contributed by atoms with Crippen molar-refractivity contribution in [2.75, 3.05) is 6.61 Å². The van der Waals surface area contributed by atoms with Gasteiger partial charge >= 0.3 is 24.9 Å². The van der Waals surface area contributed by atoms with Gasteiger partial charge in [-0.05, 0) is 13.8 Å². The van der Waals surface area contributed by atoms with Gasteiger partial charge in [-0.2, -0.15) is 17.6 Å². The molecule has 0 amide bonds. The van der Waals surface area contributed by atoms with Crippen molar-refractivity contribution in [2.24, 2.45) is 0 Å². The molecule has 0 saturated carbocycles. The van der Waals surface area contributed by atoms with Gasteiger partial charge in [0.15, 0.2) is 0 Å². The highest BCUT2D eigenvalue weighted by Crippen LogP contribution is 2.29. The van der Waals surface area contributed by atoms with Gasteiger partial charge in [-0.25, -0.2) is 17.6 Å². The summed E-state index contributed by atoms with van der Waals surface area (Å²) in [5.41, 5.74) is 0. The van der Waals surface area contributed by atoms with Crippen molar-refractivity contribution in [3.8, 4) is 0 Å². The van der Waals surface area contributed by atoms with Crippen molar-refractivity contribution < 1.29 is 45.0 Å². The molecule has 0 unspecified atom stereocenters. The summed E-state index contributed by atoms with van der Waals surface area (Å²) in [5.74, 6) is -4.88. The lowest BCUT2D eigenvalue weighted by molar-refractivity contribution is -0.325. The first kappa shape index (κ1) is 19.7. The van der Waals surface area contributed by atoms with Gasteiger partial charge < -0.3 is 9.84 Å². The molecule has 0 fully saturated rings. The van der Waals surface area contributed by atoms with E-state index in [-0.39, 0.29) is 6.10 Å².